The van der Waals surface area contributed by atoms with Crippen LogP contribution in [-0.2, 0) is 4.79 Å². The van der Waals surface area contributed by atoms with Crippen LogP contribution in [0.25, 0.3) is 0 Å². The molecule has 4 aliphatic rings. The predicted octanol–water partition coefficient (Wildman–Crippen LogP) is 5.81. The van der Waals surface area contributed by atoms with Gasteiger partial charge >= 0.3 is 0 Å². The molecule has 1 aromatic rings. The molecule has 0 spiro atoms. The molecule has 1 aromatic carbocycles. The number of allylic oxidation sites excluding steroid dienone is 1. The number of carbonyl (C=O) groups is 1. The highest BCUT2D eigenvalue weighted by Crippen LogP contribution is 2.46. The lowest BCUT2D eigenvalue weighted by atomic mass is 9.84. The number of para-hydroxylation sites is 1. The number of hydrogen-bond acceptors (Lipinski definition) is 6. The number of anilines is 1. The van der Waals surface area contributed by atoms with E-state index in [1.54, 1.807) is 0 Å². The van der Waals surface area contributed by atoms with E-state index < -0.39 is 0 Å². The summed E-state index contributed by atoms with van der Waals surface area (Å²) in [7, 11) is 0. The van der Waals surface area contributed by atoms with Crippen LogP contribution in [0.3, 0.4) is 0 Å². The first-order valence-corrected chi connectivity index (χ1v) is 16.4. The first-order chi connectivity index (χ1) is 20.5. The van der Waals surface area contributed by atoms with E-state index in [-0.39, 0.29) is 11.8 Å². The van der Waals surface area contributed by atoms with E-state index in [0.717, 1.165) is 71.4 Å². The number of nitrogens with zero attached hydrogens (tertiary/aromatic N) is 5. The molecule has 4 aliphatic heterocycles. The van der Waals surface area contributed by atoms with Crippen molar-refractivity contribution >= 4 is 11.6 Å². The molecule has 3 saturated heterocycles. The molecule has 0 aliphatic carbocycles. The minimum Gasteiger partial charge on any atom is -0.357 e. The standard InChI is InChI=1S/C33H46N6O.C2H6/c1-5-8-12-30-32(28-21-35-28)26-16-19-38(31(40)23-36(6-2)7-3)22-27(26)33(37-17-14-25(20-34)15-18-37)39(30)29-13-10-9-11-24(29)4;1-2/h9-13,25,28,35H,5-8,14-19,21-23H2,1-4H3;1-2H3/b30-12+;. The van der Waals surface area contributed by atoms with Gasteiger partial charge in [0, 0.05) is 56.0 Å². The summed E-state index contributed by atoms with van der Waals surface area (Å²) in [5.41, 5.74) is 7.93. The van der Waals surface area contributed by atoms with Crippen LogP contribution in [0.15, 0.2) is 58.6 Å². The van der Waals surface area contributed by atoms with Crippen LogP contribution >= 0.6 is 0 Å². The molecule has 7 heteroatoms. The SMILES string of the molecule is CC.CCC/C=C1\C(C2CN2)=C2CCN(C(=O)CN(CC)CC)CC2=C(N2CCC(C#N)CC2)N1c1ccccc1C. The topological polar surface area (TPSA) is 75.8 Å². The summed E-state index contributed by atoms with van der Waals surface area (Å²) in [6, 6.07) is 11.6. The van der Waals surface area contributed by atoms with E-state index in [1.165, 1.54) is 39.5 Å². The smallest absolute Gasteiger partial charge is 0.237 e. The molecule has 1 N–H and O–H groups in total. The van der Waals surface area contributed by atoms with Crippen LogP contribution in [0.5, 0.6) is 0 Å². The number of amides is 1. The average molecular weight is 573 g/mol. The Hall–Kier alpha value is -3.08. The van der Waals surface area contributed by atoms with E-state index in [4.69, 9.17) is 0 Å². The number of fused-ring (bicyclic) bond motifs is 1. The number of nitriles is 1. The Kier molecular flexibility index (Phi) is 11.3. The molecular formula is C35H52N6O. The van der Waals surface area contributed by atoms with Crippen molar-refractivity contribution < 1.29 is 4.79 Å². The molecule has 0 saturated carbocycles. The fourth-order valence-corrected chi connectivity index (χ4v) is 6.49. The second kappa shape index (κ2) is 14.9. The number of aryl methyl sites for hydroxylation is 1. The largest absolute Gasteiger partial charge is 0.357 e. The van der Waals surface area contributed by atoms with Gasteiger partial charge in [0.05, 0.1) is 18.3 Å². The Morgan fingerprint density at radius 2 is 1.79 bits per heavy atom. The van der Waals surface area contributed by atoms with Gasteiger partial charge in [-0.25, -0.2) is 0 Å². The first kappa shape index (κ1) is 31.8. The molecule has 0 radical (unpaired) electrons. The Morgan fingerprint density at radius 1 is 1.10 bits per heavy atom. The number of rotatable bonds is 9. The van der Waals surface area contributed by atoms with Crippen molar-refractivity contribution in [2.75, 3.05) is 57.3 Å². The maximum Gasteiger partial charge on any atom is 0.237 e. The van der Waals surface area contributed by atoms with Gasteiger partial charge in [-0.1, -0.05) is 65.3 Å². The summed E-state index contributed by atoms with van der Waals surface area (Å²) in [6.07, 6.45) is 7.21. The molecule has 4 heterocycles. The summed E-state index contributed by atoms with van der Waals surface area (Å²) >= 11 is 0. The molecule has 3 fully saturated rings. The van der Waals surface area contributed by atoms with E-state index in [9.17, 15) is 10.1 Å². The van der Waals surface area contributed by atoms with Gasteiger partial charge in [0.1, 0.15) is 5.82 Å². The minimum absolute atomic E-state index is 0.118. The van der Waals surface area contributed by atoms with E-state index in [0.29, 0.717) is 19.1 Å². The fraction of sp³-hybridized carbons (Fsp3) is 0.600. The quantitative estimate of drug-likeness (QED) is 0.376. The van der Waals surface area contributed by atoms with E-state index >= 15 is 0 Å². The van der Waals surface area contributed by atoms with Gasteiger partial charge in [-0.05, 0) is 68.5 Å². The second-order valence-corrected chi connectivity index (χ2v) is 11.6. The molecule has 5 rings (SSSR count). The number of hydrogen-bond donors (Lipinski definition) is 1. The Labute approximate surface area is 254 Å². The Bertz CT molecular complexity index is 1220. The number of unbranched alkanes of at least 4 members (excludes halogenated alkanes) is 1. The summed E-state index contributed by atoms with van der Waals surface area (Å²) in [6.45, 7) is 19.1. The zero-order chi connectivity index (χ0) is 30.2. The van der Waals surface area contributed by atoms with Crippen LogP contribution in [0, 0.1) is 24.2 Å². The normalized spacial score (nSPS) is 21.8. The molecule has 1 atom stereocenters. The predicted molar refractivity (Wildman–Crippen MR) is 173 cm³/mol. The van der Waals surface area contributed by atoms with Crippen molar-refractivity contribution in [3.8, 4) is 6.07 Å². The number of nitrogens with one attached hydrogen (secondary N) is 1. The van der Waals surface area contributed by atoms with Gasteiger partial charge in [-0.3, -0.25) is 14.6 Å². The second-order valence-electron chi connectivity index (χ2n) is 11.6. The third kappa shape index (κ3) is 6.76. The monoisotopic (exact) mass is 572 g/mol. The Balaban J connectivity index is 0.00000198. The van der Waals surface area contributed by atoms with Crippen molar-refractivity contribution in [2.24, 2.45) is 5.92 Å². The molecule has 1 amide bonds. The van der Waals surface area contributed by atoms with E-state index in [1.807, 2.05) is 13.8 Å². The van der Waals surface area contributed by atoms with Crippen molar-refractivity contribution in [3.05, 3.63) is 64.1 Å². The lowest BCUT2D eigenvalue weighted by Crippen LogP contribution is -2.49. The van der Waals surface area contributed by atoms with Gasteiger partial charge in [-0.15, -0.1) is 0 Å². The van der Waals surface area contributed by atoms with Gasteiger partial charge in [0.25, 0.3) is 0 Å². The average Bonchev–Trinajstić information content (AvgIpc) is 3.88. The highest BCUT2D eigenvalue weighted by Gasteiger charge is 2.43. The van der Waals surface area contributed by atoms with Crippen LogP contribution in [-0.4, -0.2) is 79.0 Å². The van der Waals surface area contributed by atoms with Crippen molar-refractivity contribution in [1.82, 2.24) is 20.0 Å². The summed E-state index contributed by atoms with van der Waals surface area (Å²) in [5.74, 6) is 1.57. The van der Waals surface area contributed by atoms with Crippen LogP contribution in [0.4, 0.5) is 5.69 Å². The van der Waals surface area contributed by atoms with E-state index in [2.05, 4.69) is 89.0 Å². The zero-order valence-corrected chi connectivity index (χ0v) is 26.9. The van der Waals surface area contributed by atoms with Gasteiger partial charge < -0.3 is 15.1 Å². The molecular weight excluding hydrogens is 520 g/mol. The number of likely N-dealkylation sites (N-methyl/N-ethyl adjacent to an activating group) is 1. The van der Waals surface area contributed by atoms with Crippen molar-refractivity contribution in [3.63, 3.8) is 0 Å². The number of likely N-dealkylation sites (tertiary alicyclic amines) is 2. The minimum atomic E-state index is 0.118. The maximum atomic E-state index is 13.6. The maximum absolute atomic E-state index is 13.6. The molecule has 1 unspecified atom stereocenters. The molecule has 7 nitrogen and oxygen atoms in total. The third-order valence-electron chi connectivity index (χ3n) is 8.99. The fourth-order valence-electron chi connectivity index (χ4n) is 6.49. The van der Waals surface area contributed by atoms with Crippen LogP contribution < -0.4 is 10.2 Å². The summed E-state index contributed by atoms with van der Waals surface area (Å²) < 4.78 is 0. The third-order valence-corrected chi connectivity index (χ3v) is 8.99. The van der Waals surface area contributed by atoms with Gasteiger partial charge in [-0.2, -0.15) is 5.26 Å². The lowest BCUT2D eigenvalue weighted by molar-refractivity contribution is -0.132. The Morgan fingerprint density at radius 3 is 2.38 bits per heavy atom. The van der Waals surface area contributed by atoms with Crippen molar-refractivity contribution in [1.29, 1.82) is 5.26 Å². The highest BCUT2D eigenvalue weighted by molar-refractivity contribution is 5.80. The van der Waals surface area contributed by atoms with Gasteiger partial charge in [0.15, 0.2) is 0 Å². The zero-order valence-electron chi connectivity index (χ0n) is 26.9. The molecule has 0 bridgehead atoms. The van der Waals surface area contributed by atoms with Crippen molar-refractivity contribution in [2.45, 2.75) is 79.7 Å². The highest BCUT2D eigenvalue weighted by atomic mass is 16.2. The van der Waals surface area contributed by atoms with Crippen LogP contribution in [0.2, 0.25) is 0 Å². The molecule has 0 aromatic heterocycles. The number of carbonyl (C=O) groups excluding carboxylic acids is 1. The molecule has 228 valence electrons. The number of benzene rings is 1. The molecule has 42 heavy (non-hydrogen) atoms. The lowest BCUT2D eigenvalue weighted by Gasteiger charge is -2.48. The summed E-state index contributed by atoms with van der Waals surface area (Å²) in [4.78, 5) is 22.9. The van der Waals surface area contributed by atoms with Gasteiger partial charge in [0.2, 0.25) is 5.91 Å². The first-order valence-electron chi connectivity index (χ1n) is 16.4. The number of piperidine rings is 2. The summed E-state index contributed by atoms with van der Waals surface area (Å²) in [5, 5.41) is 13.3. The van der Waals surface area contributed by atoms with Crippen LogP contribution in [0.1, 0.15) is 72.3 Å².